The summed E-state index contributed by atoms with van der Waals surface area (Å²) in [6, 6.07) is 5.78. The summed E-state index contributed by atoms with van der Waals surface area (Å²) < 4.78 is 5.02. The number of hydrogen-bond donors (Lipinski definition) is 1. The summed E-state index contributed by atoms with van der Waals surface area (Å²) in [5, 5.41) is 14.3. The van der Waals surface area contributed by atoms with Gasteiger partial charge >= 0.3 is 5.69 Å². The quantitative estimate of drug-likeness (QED) is 0.657. The molecule has 20 heavy (non-hydrogen) atoms. The summed E-state index contributed by atoms with van der Waals surface area (Å²) in [5.41, 5.74) is 0.996. The zero-order valence-corrected chi connectivity index (χ0v) is 12.0. The number of nitro benzene ring substituents is 1. The molecule has 1 aliphatic heterocycles. The van der Waals surface area contributed by atoms with Crippen molar-refractivity contribution in [3.8, 4) is 5.75 Å². The highest BCUT2D eigenvalue weighted by atomic mass is 16.6. The minimum Gasteiger partial charge on any atom is -0.490 e. The van der Waals surface area contributed by atoms with Crippen molar-refractivity contribution in [3.63, 3.8) is 0 Å². The summed E-state index contributed by atoms with van der Waals surface area (Å²) in [5.74, 6) is 0.313. The standard InChI is InChI=1S/C14H21N3O3/c1-15-12-5-7-16(8-6-12)10-11-3-4-14(20-2)13(9-11)17(18)19/h3-4,9,12,15H,5-8,10H2,1-2H3. The second-order valence-corrected chi connectivity index (χ2v) is 5.10. The zero-order valence-electron chi connectivity index (χ0n) is 12.0. The lowest BCUT2D eigenvalue weighted by atomic mass is 10.0. The van der Waals surface area contributed by atoms with Crippen molar-refractivity contribution in [3.05, 3.63) is 33.9 Å². The summed E-state index contributed by atoms with van der Waals surface area (Å²) in [6.45, 7) is 2.79. The molecule has 0 aromatic heterocycles. The SMILES string of the molecule is CNC1CCN(Cc2ccc(OC)c([N+](=O)[O-])c2)CC1. The van der Waals surface area contributed by atoms with Gasteiger partial charge in [-0.3, -0.25) is 15.0 Å². The van der Waals surface area contributed by atoms with E-state index in [1.165, 1.54) is 7.11 Å². The molecule has 1 N–H and O–H groups in total. The number of benzene rings is 1. The molecule has 1 saturated heterocycles. The zero-order chi connectivity index (χ0) is 14.5. The molecular formula is C14H21N3O3. The van der Waals surface area contributed by atoms with Gasteiger partial charge in [0, 0.05) is 18.7 Å². The number of piperidine rings is 1. The molecule has 0 spiro atoms. The molecule has 1 aromatic carbocycles. The van der Waals surface area contributed by atoms with Gasteiger partial charge in [-0.15, -0.1) is 0 Å². The number of hydrogen-bond acceptors (Lipinski definition) is 5. The molecule has 6 heteroatoms. The van der Waals surface area contributed by atoms with Gasteiger partial charge in [-0.1, -0.05) is 6.07 Å². The molecule has 6 nitrogen and oxygen atoms in total. The minimum absolute atomic E-state index is 0.0371. The third-order valence-electron chi connectivity index (χ3n) is 3.84. The molecule has 0 bridgehead atoms. The molecule has 2 rings (SSSR count). The van der Waals surface area contributed by atoms with E-state index >= 15 is 0 Å². The van der Waals surface area contributed by atoms with Crippen LogP contribution in [0.25, 0.3) is 0 Å². The van der Waals surface area contributed by atoms with Crippen LogP contribution in [-0.2, 0) is 6.54 Å². The molecule has 0 amide bonds. The van der Waals surface area contributed by atoms with E-state index in [0.29, 0.717) is 11.8 Å². The molecule has 0 radical (unpaired) electrons. The Bertz CT molecular complexity index is 471. The van der Waals surface area contributed by atoms with Crippen LogP contribution in [0.3, 0.4) is 0 Å². The van der Waals surface area contributed by atoms with E-state index in [1.54, 1.807) is 12.1 Å². The first kappa shape index (κ1) is 14.7. The average molecular weight is 279 g/mol. The van der Waals surface area contributed by atoms with Crippen LogP contribution in [0, 0.1) is 10.1 Å². The van der Waals surface area contributed by atoms with Crippen LogP contribution in [0.5, 0.6) is 5.75 Å². The third kappa shape index (κ3) is 3.46. The van der Waals surface area contributed by atoms with Gasteiger partial charge in [-0.25, -0.2) is 0 Å². The van der Waals surface area contributed by atoms with Crippen LogP contribution in [-0.4, -0.2) is 43.1 Å². The maximum absolute atomic E-state index is 11.0. The van der Waals surface area contributed by atoms with E-state index in [0.717, 1.165) is 38.0 Å². The average Bonchev–Trinajstić information content (AvgIpc) is 2.48. The summed E-state index contributed by atoms with van der Waals surface area (Å²) in [7, 11) is 3.44. The number of nitrogens with one attached hydrogen (secondary N) is 1. The third-order valence-corrected chi connectivity index (χ3v) is 3.84. The highest BCUT2D eigenvalue weighted by molar-refractivity contribution is 5.48. The molecule has 1 aliphatic rings. The van der Waals surface area contributed by atoms with Crippen molar-refractivity contribution in [2.45, 2.75) is 25.4 Å². The normalized spacial score (nSPS) is 17.1. The first-order valence-electron chi connectivity index (χ1n) is 6.85. The van der Waals surface area contributed by atoms with E-state index in [9.17, 15) is 10.1 Å². The van der Waals surface area contributed by atoms with Crippen LogP contribution in [0.15, 0.2) is 18.2 Å². The molecule has 0 saturated carbocycles. The van der Waals surface area contributed by atoms with E-state index < -0.39 is 4.92 Å². The van der Waals surface area contributed by atoms with Crippen LogP contribution in [0.2, 0.25) is 0 Å². The highest BCUT2D eigenvalue weighted by Crippen LogP contribution is 2.28. The second-order valence-electron chi connectivity index (χ2n) is 5.10. The van der Waals surface area contributed by atoms with Crippen molar-refractivity contribution >= 4 is 5.69 Å². The molecule has 0 atom stereocenters. The maximum atomic E-state index is 11.0. The van der Waals surface area contributed by atoms with E-state index in [2.05, 4.69) is 10.2 Å². The van der Waals surface area contributed by atoms with Gasteiger partial charge in [-0.2, -0.15) is 0 Å². The lowest BCUT2D eigenvalue weighted by Crippen LogP contribution is -2.40. The number of rotatable bonds is 5. The second kappa shape index (κ2) is 6.67. The van der Waals surface area contributed by atoms with Crippen molar-refractivity contribution in [2.24, 2.45) is 0 Å². The summed E-state index contributed by atoms with van der Waals surface area (Å²) >= 11 is 0. The Kier molecular flexibility index (Phi) is 4.92. The van der Waals surface area contributed by atoms with Crippen molar-refractivity contribution in [1.29, 1.82) is 0 Å². The van der Waals surface area contributed by atoms with Gasteiger partial charge in [0.15, 0.2) is 5.75 Å². The largest absolute Gasteiger partial charge is 0.490 e. The van der Waals surface area contributed by atoms with Gasteiger partial charge < -0.3 is 10.1 Å². The number of nitrogens with zero attached hydrogens (tertiary/aromatic N) is 2. The lowest BCUT2D eigenvalue weighted by molar-refractivity contribution is -0.385. The maximum Gasteiger partial charge on any atom is 0.311 e. The molecular weight excluding hydrogens is 258 g/mol. The van der Waals surface area contributed by atoms with Crippen molar-refractivity contribution in [1.82, 2.24) is 10.2 Å². The predicted octanol–water partition coefficient (Wildman–Crippen LogP) is 1.79. The summed E-state index contributed by atoms with van der Waals surface area (Å²) in [4.78, 5) is 13.0. The number of nitro groups is 1. The Labute approximate surface area is 118 Å². The van der Waals surface area contributed by atoms with Gasteiger partial charge in [0.2, 0.25) is 0 Å². The monoisotopic (exact) mass is 279 g/mol. The van der Waals surface area contributed by atoms with Gasteiger partial charge in [0.05, 0.1) is 12.0 Å². The van der Waals surface area contributed by atoms with Gasteiger partial charge in [-0.05, 0) is 44.6 Å². The van der Waals surface area contributed by atoms with Gasteiger partial charge in [0.1, 0.15) is 0 Å². The van der Waals surface area contributed by atoms with Gasteiger partial charge in [0.25, 0.3) is 0 Å². The Morgan fingerprint density at radius 2 is 2.15 bits per heavy atom. The minimum atomic E-state index is -0.393. The fourth-order valence-corrected chi connectivity index (χ4v) is 2.61. The Morgan fingerprint density at radius 1 is 1.45 bits per heavy atom. The van der Waals surface area contributed by atoms with E-state index in [4.69, 9.17) is 4.74 Å². The fraction of sp³-hybridized carbons (Fsp3) is 0.571. The molecule has 1 fully saturated rings. The topological polar surface area (TPSA) is 67.6 Å². The molecule has 1 heterocycles. The van der Waals surface area contributed by atoms with Crippen molar-refractivity contribution in [2.75, 3.05) is 27.2 Å². The number of methoxy groups -OCH3 is 1. The predicted molar refractivity (Wildman–Crippen MR) is 77.0 cm³/mol. The smallest absolute Gasteiger partial charge is 0.311 e. The Morgan fingerprint density at radius 3 is 2.70 bits per heavy atom. The Balaban J connectivity index is 2.03. The molecule has 1 aromatic rings. The van der Waals surface area contributed by atoms with Crippen molar-refractivity contribution < 1.29 is 9.66 Å². The molecule has 0 aliphatic carbocycles. The first-order valence-corrected chi connectivity index (χ1v) is 6.85. The van der Waals surface area contributed by atoms with Crippen LogP contribution >= 0.6 is 0 Å². The highest BCUT2D eigenvalue weighted by Gasteiger charge is 2.20. The summed E-state index contributed by atoms with van der Waals surface area (Å²) in [6.07, 6.45) is 2.24. The lowest BCUT2D eigenvalue weighted by Gasteiger charge is -2.31. The molecule has 0 unspecified atom stereocenters. The van der Waals surface area contributed by atoms with Crippen LogP contribution in [0.4, 0.5) is 5.69 Å². The van der Waals surface area contributed by atoms with Crippen LogP contribution < -0.4 is 10.1 Å². The van der Waals surface area contributed by atoms with Crippen LogP contribution in [0.1, 0.15) is 18.4 Å². The number of likely N-dealkylation sites (tertiary alicyclic amines) is 1. The number of ether oxygens (including phenoxy) is 1. The Hall–Kier alpha value is -1.66. The van der Waals surface area contributed by atoms with E-state index in [-0.39, 0.29) is 5.69 Å². The van der Waals surface area contributed by atoms with E-state index in [1.807, 2.05) is 13.1 Å². The molecule has 110 valence electrons. The fourth-order valence-electron chi connectivity index (χ4n) is 2.61. The first-order chi connectivity index (χ1) is 9.63.